The number of nitrogens with zero attached hydrogens (tertiary/aromatic N) is 3. The molecule has 7 heteroatoms. The zero-order chi connectivity index (χ0) is 21.8. The van der Waals surface area contributed by atoms with Gasteiger partial charge in [-0.1, -0.05) is 49.4 Å². The Bertz CT molecular complexity index is 1190. The molecule has 4 aromatic rings. The van der Waals surface area contributed by atoms with Crippen LogP contribution in [0.3, 0.4) is 0 Å². The lowest BCUT2D eigenvalue weighted by Crippen LogP contribution is -2.23. The average molecular weight is 432 g/mol. The van der Waals surface area contributed by atoms with Gasteiger partial charge in [0.05, 0.1) is 23.6 Å². The maximum absolute atomic E-state index is 13.0. The minimum atomic E-state index is -0.128. The van der Waals surface area contributed by atoms with Gasteiger partial charge in [-0.05, 0) is 24.1 Å². The first-order chi connectivity index (χ1) is 15.1. The Morgan fingerprint density at radius 3 is 2.61 bits per heavy atom. The van der Waals surface area contributed by atoms with E-state index in [0.717, 1.165) is 45.2 Å². The molecule has 0 aliphatic carbocycles. The van der Waals surface area contributed by atoms with Crippen LogP contribution in [0.4, 0.5) is 0 Å². The van der Waals surface area contributed by atoms with Gasteiger partial charge in [0.2, 0.25) is 0 Å². The summed E-state index contributed by atoms with van der Waals surface area (Å²) in [5, 5.41) is 10.4. The van der Waals surface area contributed by atoms with E-state index in [2.05, 4.69) is 22.3 Å². The van der Waals surface area contributed by atoms with E-state index in [-0.39, 0.29) is 5.91 Å². The summed E-state index contributed by atoms with van der Waals surface area (Å²) in [7, 11) is 1.90. The minimum absolute atomic E-state index is 0.128. The fourth-order valence-electron chi connectivity index (χ4n) is 3.43. The fraction of sp³-hybridized carbons (Fsp3) is 0.208. The molecule has 0 fully saturated rings. The number of hydrogen-bond acceptors (Lipinski definition) is 5. The minimum Gasteiger partial charge on any atom is -0.346 e. The second-order valence-electron chi connectivity index (χ2n) is 7.27. The van der Waals surface area contributed by atoms with Gasteiger partial charge in [-0.2, -0.15) is 5.10 Å². The summed E-state index contributed by atoms with van der Waals surface area (Å²) >= 11 is 1.57. The summed E-state index contributed by atoms with van der Waals surface area (Å²) in [6.45, 7) is 2.96. The molecule has 3 N–H and O–H groups in total. The van der Waals surface area contributed by atoms with Crippen LogP contribution in [0.25, 0.3) is 21.8 Å². The van der Waals surface area contributed by atoms with Crippen LogP contribution in [-0.4, -0.2) is 20.7 Å². The number of carbonyl (C=O) groups excluding carboxylic acids is 1. The summed E-state index contributed by atoms with van der Waals surface area (Å²) < 4.78 is 1.83. The summed E-state index contributed by atoms with van der Waals surface area (Å²) in [5.74, 6) is -0.128. The van der Waals surface area contributed by atoms with Gasteiger partial charge in [0.25, 0.3) is 5.91 Å². The number of aryl methyl sites for hydroxylation is 2. The Hall–Kier alpha value is -3.29. The SMILES string of the molecule is CCc1cc(-c2ccccc2C(=O)NCc2csc(-c3ccc(CN)cc3)n2)n(C)n1. The van der Waals surface area contributed by atoms with Crippen molar-refractivity contribution in [1.29, 1.82) is 0 Å². The standard InChI is InChI=1S/C24H25N5OS/c1-3-18-12-22(29(2)28-18)20-6-4-5-7-21(20)23(30)26-14-19-15-31-24(27-19)17-10-8-16(13-25)9-11-17/h4-12,15H,3,13-14,25H2,1-2H3,(H,26,30). The number of aromatic nitrogens is 3. The highest BCUT2D eigenvalue weighted by Gasteiger charge is 2.16. The molecule has 0 bridgehead atoms. The molecule has 31 heavy (non-hydrogen) atoms. The molecule has 0 spiro atoms. The summed E-state index contributed by atoms with van der Waals surface area (Å²) in [6.07, 6.45) is 0.851. The molecule has 158 valence electrons. The highest BCUT2D eigenvalue weighted by atomic mass is 32.1. The lowest BCUT2D eigenvalue weighted by Gasteiger charge is -2.10. The van der Waals surface area contributed by atoms with Gasteiger partial charge in [-0.15, -0.1) is 11.3 Å². The second kappa shape index (κ2) is 9.24. The van der Waals surface area contributed by atoms with Crippen molar-refractivity contribution in [3.8, 4) is 21.8 Å². The van der Waals surface area contributed by atoms with E-state index in [1.807, 2.05) is 71.7 Å². The number of benzene rings is 2. The second-order valence-corrected chi connectivity index (χ2v) is 8.13. The van der Waals surface area contributed by atoms with Gasteiger partial charge in [0.1, 0.15) is 5.01 Å². The number of hydrogen-bond donors (Lipinski definition) is 2. The van der Waals surface area contributed by atoms with E-state index >= 15 is 0 Å². The molecule has 2 heterocycles. The third-order valence-corrected chi connectivity index (χ3v) is 6.10. The molecule has 2 aromatic carbocycles. The number of nitrogens with two attached hydrogens (primary N) is 1. The van der Waals surface area contributed by atoms with Crippen LogP contribution in [0.15, 0.2) is 60.0 Å². The van der Waals surface area contributed by atoms with Gasteiger partial charge in [0.15, 0.2) is 0 Å². The molecule has 0 atom stereocenters. The molecule has 0 aliphatic rings. The topological polar surface area (TPSA) is 85.8 Å². The summed E-state index contributed by atoms with van der Waals surface area (Å²) in [5.41, 5.74) is 12.1. The molecule has 0 unspecified atom stereocenters. The van der Waals surface area contributed by atoms with Crippen molar-refractivity contribution < 1.29 is 4.79 Å². The quantitative estimate of drug-likeness (QED) is 0.460. The van der Waals surface area contributed by atoms with E-state index < -0.39 is 0 Å². The lowest BCUT2D eigenvalue weighted by molar-refractivity contribution is 0.0951. The first kappa shape index (κ1) is 21.0. The van der Waals surface area contributed by atoms with Crippen molar-refractivity contribution in [2.24, 2.45) is 12.8 Å². The Kier molecular flexibility index (Phi) is 6.25. The van der Waals surface area contributed by atoms with Crippen molar-refractivity contribution in [3.05, 3.63) is 82.5 Å². The van der Waals surface area contributed by atoms with Crippen LogP contribution in [0.2, 0.25) is 0 Å². The predicted molar refractivity (Wildman–Crippen MR) is 125 cm³/mol. The number of carbonyl (C=O) groups is 1. The molecule has 0 aliphatic heterocycles. The first-order valence-corrected chi connectivity index (χ1v) is 11.1. The van der Waals surface area contributed by atoms with Crippen molar-refractivity contribution in [3.63, 3.8) is 0 Å². The molecular weight excluding hydrogens is 406 g/mol. The Morgan fingerprint density at radius 1 is 1.13 bits per heavy atom. The number of thiazole rings is 1. The zero-order valence-electron chi connectivity index (χ0n) is 17.6. The largest absolute Gasteiger partial charge is 0.346 e. The number of rotatable bonds is 7. The van der Waals surface area contributed by atoms with Crippen LogP contribution in [0.1, 0.15) is 34.2 Å². The molecule has 6 nitrogen and oxygen atoms in total. The van der Waals surface area contributed by atoms with Gasteiger partial charge in [0, 0.05) is 35.7 Å². The Labute approximate surface area is 185 Å². The van der Waals surface area contributed by atoms with Crippen molar-refractivity contribution in [2.75, 3.05) is 0 Å². The van der Waals surface area contributed by atoms with Crippen LogP contribution < -0.4 is 11.1 Å². The van der Waals surface area contributed by atoms with Crippen LogP contribution in [0.5, 0.6) is 0 Å². The van der Waals surface area contributed by atoms with Gasteiger partial charge >= 0.3 is 0 Å². The molecule has 2 aromatic heterocycles. The number of nitrogens with one attached hydrogen (secondary N) is 1. The van der Waals surface area contributed by atoms with Crippen LogP contribution >= 0.6 is 11.3 Å². The highest BCUT2D eigenvalue weighted by molar-refractivity contribution is 7.13. The highest BCUT2D eigenvalue weighted by Crippen LogP contribution is 2.26. The zero-order valence-corrected chi connectivity index (χ0v) is 18.4. The Balaban J connectivity index is 1.48. The normalized spacial score (nSPS) is 10.9. The van der Waals surface area contributed by atoms with E-state index in [1.165, 1.54) is 0 Å². The maximum atomic E-state index is 13.0. The summed E-state index contributed by atoms with van der Waals surface area (Å²) in [6, 6.07) is 17.7. The molecule has 0 saturated carbocycles. The summed E-state index contributed by atoms with van der Waals surface area (Å²) in [4.78, 5) is 17.6. The predicted octanol–water partition coefficient (Wildman–Crippen LogP) is 4.16. The van der Waals surface area contributed by atoms with E-state index in [0.29, 0.717) is 18.7 Å². The fourth-order valence-corrected chi connectivity index (χ4v) is 4.25. The third kappa shape index (κ3) is 4.57. The Morgan fingerprint density at radius 2 is 1.90 bits per heavy atom. The molecule has 0 saturated heterocycles. The van der Waals surface area contributed by atoms with Gasteiger partial charge in [-0.3, -0.25) is 9.48 Å². The van der Waals surface area contributed by atoms with E-state index in [1.54, 1.807) is 11.3 Å². The van der Waals surface area contributed by atoms with Crippen molar-refractivity contribution >= 4 is 17.2 Å². The van der Waals surface area contributed by atoms with E-state index in [4.69, 9.17) is 5.73 Å². The van der Waals surface area contributed by atoms with E-state index in [9.17, 15) is 4.79 Å². The van der Waals surface area contributed by atoms with Crippen molar-refractivity contribution in [1.82, 2.24) is 20.1 Å². The average Bonchev–Trinajstić information content (AvgIpc) is 3.44. The van der Waals surface area contributed by atoms with Crippen molar-refractivity contribution in [2.45, 2.75) is 26.4 Å². The smallest absolute Gasteiger partial charge is 0.252 e. The lowest BCUT2D eigenvalue weighted by atomic mass is 10.0. The van der Waals surface area contributed by atoms with Crippen LogP contribution in [-0.2, 0) is 26.6 Å². The van der Waals surface area contributed by atoms with Crippen LogP contribution in [0, 0.1) is 0 Å². The maximum Gasteiger partial charge on any atom is 0.252 e. The molecule has 1 amide bonds. The molecular formula is C24H25N5OS. The molecule has 0 radical (unpaired) electrons. The first-order valence-electron chi connectivity index (χ1n) is 10.2. The molecule has 4 rings (SSSR count). The van der Waals surface area contributed by atoms with Gasteiger partial charge < -0.3 is 11.1 Å². The monoisotopic (exact) mass is 431 g/mol. The third-order valence-electron chi connectivity index (χ3n) is 5.16. The van der Waals surface area contributed by atoms with Gasteiger partial charge in [-0.25, -0.2) is 4.98 Å². The number of amides is 1.